The number of phenols is 1. The molecule has 0 atom stereocenters. The number of hydrogen-bond acceptors (Lipinski definition) is 4. The Hall–Kier alpha value is -2.46. The number of phenolic OH excluding ortho intramolecular Hbond substituents is 1. The van der Waals surface area contributed by atoms with Crippen LogP contribution in [0, 0.1) is 0 Å². The molecule has 0 amide bonds. The number of nitrogens with zero attached hydrogens (tertiary/aromatic N) is 3. The number of aromatic hydroxyl groups is 1. The molecule has 2 aromatic carbocycles. The second-order valence-corrected chi connectivity index (χ2v) is 4.63. The van der Waals surface area contributed by atoms with Gasteiger partial charge < -0.3 is 5.11 Å². The van der Waals surface area contributed by atoms with Crippen molar-refractivity contribution >= 4 is 33.9 Å². The fourth-order valence-electron chi connectivity index (χ4n) is 1.88. The molecule has 0 saturated carbocycles. The van der Waals surface area contributed by atoms with Crippen molar-refractivity contribution in [1.82, 2.24) is 4.98 Å². The first-order valence-electron chi connectivity index (χ1n) is 5.98. The van der Waals surface area contributed by atoms with E-state index in [4.69, 9.17) is 11.6 Å². The topological polar surface area (TPSA) is 57.8 Å². The number of halogens is 1. The molecule has 3 aromatic rings. The minimum absolute atomic E-state index is 0.0846. The van der Waals surface area contributed by atoms with E-state index in [0.29, 0.717) is 16.5 Å². The van der Waals surface area contributed by atoms with Gasteiger partial charge in [0.2, 0.25) is 0 Å². The predicted octanol–water partition coefficient (Wildman–Crippen LogP) is 5.01. The monoisotopic (exact) mass is 283 g/mol. The van der Waals surface area contributed by atoms with Gasteiger partial charge in [0.05, 0.1) is 5.02 Å². The summed E-state index contributed by atoms with van der Waals surface area (Å²) < 4.78 is 0. The highest BCUT2D eigenvalue weighted by Crippen LogP contribution is 2.35. The van der Waals surface area contributed by atoms with Crippen LogP contribution in [0.2, 0.25) is 5.02 Å². The molecule has 1 N–H and O–H groups in total. The summed E-state index contributed by atoms with van der Waals surface area (Å²) in [5.74, 6) is 0.517. The molecule has 0 fully saturated rings. The van der Waals surface area contributed by atoms with Gasteiger partial charge in [0.1, 0.15) is 11.4 Å². The van der Waals surface area contributed by atoms with Gasteiger partial charge in [0.25, 0.3) is 0 Å². The lowest BCUT2D eigenvalue weighted by Gasteiger charge is -2.03. The molecule has 0 saturated heterocycles. The number of aromatic nitrogens is 1. The smallest absolute Gasteiger partial charge is 0.174 e. The summed E-state index contributed by atoms with van der Waals surface area (Å²) in [5.41, 5.74) is 0.430. The van der Waals surface area contributed by atoms with Crippen LogP contribution >= 0.6 is 11.6 Å². The molecule has 0 unspecified atom stereocenters. The number of pyridine rings is 1. The molecular formula is C15H10ClN3O. The first-order valence-corrected chi connectivity index (χ1v) is 6.36. The maximum absolute atomic E-state index is 9.94. The molecule has 4 nitrogen and oxygen atoms in total. The Morgan fingerprint density at radius 3 is 2.60 bits per heavy atom. The van der Waals surface area contributed by atoms with E-state index in [9.17, 15) is 5.11 Å². The summed E-state index contributed by atoms with van der Waals surface area (Å²) in [7, 11) is 0. The molecule has 0 spiro atoms. The quantitative estimate of drug-likeness (QED) is 0.672. The average Bonchev–Trinajstić information content (AvgIpc) is 2.48. The number of rotatable bonds is 2. The van der Waals surface area contributed by atoms with Crippen molar-refractivity contribution in [2.24, 2.45) is 10.2 Å². The van der Waals surface area contributed by atoms with Crippen LogP contribution in [0.15, 0.2) is 65.0 Å². The molecule has 98 valence electrons. The third kappa shape index (κ3) is 2.46. The fourth-order valence-corrected chi connectivity index (χ4v) is 1.99. The lowest BCUT2D eigenvalue weighted by Crippen LogP contribution is -1.75. The molecule has 3 rings (SSSR count). The average molecular weight is 284 g/mol. The van der Waals surface area contributed by atoms with Crippen LogP contribution in [-0.4, -0.2) is 10.1 Å². The predicted molar refractivity (Wildman–Crippen MR) is 79.0 cm³/mol. The largest absolute Gasteiger partial charge is 0.506 e. The minimum atomic E-state index is 0.0846. The normalized spacial score (nSPS) is 11.2. The van der Waals surface area contributed by atoms with E-state index in [1.54, 1.807) is 18.2 Å². The van der Waals surface area contributed by atoms with E-state index in [1.807, 2.05) is 30.3 Å². The summed E-state index contributed by atoms with van der Waals surface area (Å²) >= 11 is 5.76. The number of hydrogen-bond donors (Lipinski definition) is 1. The molecule has 0 aliphatic rings. The highest BCUT2D eigenvalue weighted by atomic mass is 35.5. The van der Waals surface area contributed by atoms with Crippen LogP contribution in [0.4, 0.5) is 11.5 Å². The summed E-state index contributed by atoms with van der Waals surface area (Å²) in [4.78, 5) is 4.03. The molecule has 1 aromatic heterocycles. The van der Waals surface area contributed by atoms with Crippen LogP contribution in [0.3, 0.4) is 0 Å². The molecule has 1 heterocycles. The van der Waals surface area contributed by atoms with E-state index in [-0.39, 0.29) is 5.75 Å². The Morgan fingerprint density at radius 1 is 0.950 bits per heavy atom. The van der Waals surface area contributed by atoms with Crippen molar-refractivity contribution in [2.45, 2.75) is 0 Å². The number of azo groups is 1. The van der Waals surface area contributed by atoms with Gasteiger partial charge in [0, 0.05) is 11.6 Å². The Labute approximate surface area is 120 Å². The molecule has 0 aliphatic carbocycles. The third-order valence-electron chi connectivity index (χ3n) is 2.84. The summed E-state index contributed by atoms with van der Waals surface area (Å²) in [5, 5.41) is 20.4. The Morgan fingerprint density at radius 2 is 1.80 bits per heavy atom. The van der Waals surface area contributed by atoms with Crippen molar-refractivity contribution in [2.75, 3.05) is 0 Å². The van der Waals surface area contributed by atoms with Gasteiger partial charge in [-0.25, -0.2) is 4.98 Å². The van der Waals surface area contributed by atoms with Crippen molar-refractivity contribution in [1.29, 1.82) is 0 Å². The van der Waals surface area contributed by atoms with Crippen LogP contribution in [0.5, 0.6) is 5.75 Å². The summed E-state index contributed by atoms with van der Waals surface area (Å²) in [6, 6.07) is 14.4. The van der Waals surface area contributed by atoms with Gasteiger partial charge in [-0.3, -0.25) is 0 Å². The van der Waals surface area contributed by atoms with E-state index in [0.717, 1.165) is 10.8 Å². The Kier molecular flexibility index (Phi) is 3.31. The zero-order valence-electron chi connectivity index (χ0n) is 10.4. The zero-order chi connectivity index (χ0) is 13.9. The van der Waals surface area contributed by atoms with Crippen molar-refractivity contribution in [3.8, 4) is 5.75 Å². The maximum Gasteiger partial charge on any atom is 0.174 e. The van der Waals surface area contributed by atoms with Crippen molar-refractivity contribution < 1.29 is 5.11 Å². The zero-order valence-corrected chi connectivity index (χ0v) is 11.1. The lowest BCUT2D eigenvalue weighted by atomic mass is 10.1. The summed E-state index contributed by atoms with van der Waals surface area (Å²) in [6.45, 7) is 0. The molecule has 5 heteroatoms. The number of benzene rings is 2. The molecule has 20 heavy (non-hydrogen) atoms. The van der Waals surface area contributed by atoms with Crippen LogP contribution < -0.4 is 0 Å². The Balaban J connectivity index is 2.06. The minimum Gasteiger partial charge on any atom is -0.506 e. The van der Waals surface area contributed by atoms with Crippen LogP contribution in [0.25, 0.3) is 10.8 Å². The Bertz CT molecular complexity index is 785. The van der Waals surface area contributed by atoms with Crippen molar-refractivity contribution in [3.05, 3.63) is 59.8 Å². The van der Waals surface area contributed by atoms with E-state index >= 15 is 0 Å². The van der Waals surface area contributed by atoms with Gasteiger partial charge in [-0.2, -0.15) is 0 Å². The van der Waals surface area contributed by atoms with Gasteiger partial charge in [0.15, 0.2) is 5.82 Å². The maximum atomic E-state index is 9.94. The standard InChI is InChI=1S/C15H10ClN3O/c16-11-6-8-14(17-9-11)18-19-15-12-4-2-1-3-10(12)5-7-13(15)20/h1-9,20H. The molecular weight excluding hydrogens is 274 g/mol. The highest BCUT2D eigenvalue weighted by molar-refractivity contribution is 6.30. The second kappa shape index (κ2) is 5.27. The van der Waals surface area contributed by atoms with Crippen LogP contribution in [0.1, 0.15) is 0 Å². The van der Waals surface area contributed by atoms with E-state index in [2.05, 4.69) is 15.2 Å². The second-order valence-electron chi connectivity index (χ2n) is 4.19. The summed E-state index contributed by atoms with van der Waals surface area (Å²) in [6.07, 6.45) is 1.50. The van der Waals surface area contributed by atoms with Gasteiger partial charge in [-0.05, 0) is 23.6 Å². The van der Waals surface area contributed by atoms with Crippen molar-refractivity contribution in [3.63, 3.8) is 0 Å². The third-order valence-corrected chi connectivity index (χ3v) is 3.07. The molecule has 0 bridgehead atoms. The van der Waals surface area contributed by atoms with E-state index in [1.165, 1.54) is 6.20 Å². The van der Waals surface area contributed by atoms with Crippen LogP contribution in [-0.2, 0) is 0 Å². The number of fused-ring (bicyclic) bond motifs is 1. The fraction of sp³-hybridized carbons (Fsp3) is 0. The molecule has 0 aliphatic heterocycles. The highest BCUT2D eigenvalue weighted by Gasteiger charge is 2.05. The SMILES string of the molecule is Oc1ccc2ccccc2c1N=Nc1ccc(Cl)cn1. The van der Waals surface area contributed by atoms with Gasteiger partial charge in [-0.1, -0.05) is 41.9 Å². The van der Waals surface area contributed by atoms with Gasteiger partial charge in [-0.15, -0.1) is 10.2 Å². The molecule has 0 radical (unpaired) electrons. The first kappa shape index (κ1) is 12.6. The van der Waals surface area contributed by atoms with Gasteiger partial charge >= 0.3 is 0 Å². The first-order chi connectivity index (χ1) is 9.74. The lowest BCUT2D eigenvalue weighted by molar-refractivity contribution is 0.477. The van der Waals surface area contributed by atoms with E-state index < -0.39 is 0 Å².